The Labute approximate surface area is 171 Å². The highest BCUT2D eigenvalue weighted by Crippen LogP contribution is 2.25. The summed E-state index contributed by atoms with van der Waals surface area (Å²) < 4.78 is 29.2. The second-order valence-corrected chi connectivity index (χ2v) is 10.1. The molecule has 1 amide bonds. The maximum absolute atomic E-state index is 12.5. The van der Waals surface area contributed by atoms with E-state index in [1.165, 1.54) is 0 Å². The number of pyridine rings is 1. The van der Waals surface area contributed by atoms with Gasteiger partial charge in [0.1, 0.15) is 17.9 Å². The first kappa shape index (κ1) is 20.1. The number of carbonyl (C=O) groups excluding carboxylic acids is 1. The van der Waals surface area contributed by atoms with Gasteiger partial charge in [0, 0.05) is 23.5 Å². The molecule has 2 aliphatic heterocycles. The molecule has 0 aliphatic carbocycles. The summed E-state index contributed by atoms with van der Waals surface area (Å²) >= 11 is 0. The van der Waals surface area contributed by atoms with E-state index >= 15 is 0 Å². The molecular formula is C21H27N3O4S. The zero-order valence-electron chi connectivity index (χ0n) is 16.4. The van der Waals surface area contributed by atoms with Crippen LogP contribution in [0.4, 0.5) is 0 Å². The highest BCUT2D eigenvalue weighted by Gasteiger charge is 2.35. The number of amides is 1. The Hall–Kier alpha value is -2.19. The number of carbonyl (C=O) groups is 1. The topological polar surface area (TPSA) is 88.6 Å². The molecule has 1 aromatic heterocycles. The second-order valence-electron chi connectivity index (χ2n) is 7.84. The number of hydrogen-bond acceptors (Lipinski definition) is 6. The summed E-state index contributed by atoms with van der Waals surface area (Å²) in [4.78, 5) is 19.1. The second kappa shape index (κ2) is 8.67. The molecule has 0 saturated carbocycles. The van der Waals surface area contributed by atoms with Crippen LogP contribution in [-0.4, -0.2) is 68.0 Å². The van der Waals surface area contributed by atoms with Gasteiger partial charge in [-0.3, -0.25) is 14.7 Å². The number of ether oxygens (including phenoxy) is 1. The van der Waals surface area contributed by atoms with E-state index in [0.29, 0.717) is 18.9 Å². The SMILES string of the molecule is O=C(NCCOc1cccc2cccnc12)C1CCN(C2CCS(=O)(=O)C2)CC1. The minimum absolute atomic E-state index is 0.0107. The third kappa shape index (κ3) is 4.87. The third-order valence-electron chi connectivity index (χ3n) is 5.88. The Morgan fingerprint density at radius 1 is 1.17 bits per heavy atom. The minimum Gasteiger partial charge on any atom is -0.489 e. The van der Waals surface area contributed by atoms with E-state index in [1.807, 2.05) is 30.3 Å². The highest BCUT2D eigenvalue weighted by molar-refractivity contribution is 7.91. The van der Waals surface area contributed by atoms with Gasteiger partial charge in [-0.05, 0) is 44.5 Å². The van der Waals surface area contributed by atoms with E-state index in [2.05, 4.69) is 15.2 Å². The van der Waals surface area contributed by atoms with Gasteiger partial charge in [-0.15, -0.1) is 0 Å². The summed E-state index contributed by atoms with van der Waals surface area (Å²) in [5, 5.41) is 3.99. The van der Waals surface area contributed by atoms with Crippen LogP contribution in [-0.2, 0) is 14.6 Å². The molecule has 1 N–H and O–H groups in total. The number of nitrogens with zero attached hydrogens (tertiary/aromatic N) is 2. The van der Waals surface area contributed by atoms with Gasteiger partial charge in [0.2, 0.25) is 5.91 Å². The average Bonchev–Trinajstić information content (AvgIpc) is 3.11. The van der Waals surface area contributed by atoms with Crippen molar-refractivity contribution in [3.05, 3.63) is 36.5 Å². The normalized spacial score (nSPS) is 22.6. The Bertz CT molecular complexity index is 966. The third-order valence-corrected chi connectivity index (χ3v) is 7.63. The fourth-order valence-corrected chi connectivity index (χ4v) is 6.02. The van der Waals surface area contributed by atoms with Crippen LogP contribution in [0, 0.1) is 5.92 Å². The fourth-order valence-electron chi connectivity index (χ4n) is 4.26. The number of sulfone groups is 1. The van der Waals surface area contributed by atoms with Gasteiger partial charge in [-0.1, -0.05) is 18.2 Å². The van der Waals surface area contributed by atoms with Gasteiger partial charge in [0.05, 0.1) is 18.1 Å². The molecule has 2 aromatic rings. The molecule has 7 nitrogen and oxygen atoms in total. The predicted molar refractivity (Wildman–Crippen MR) is 112 cm³/mol. The van der Waals surface area contributed by atoms with Crippen LogP contribution in [0.2, 0.25) is 0 Å². The molecule has 2 fully saturated rings. The molecule has 2 aliphatic rings. The lowest BCUT2D eigenvalue weighted by Gasteiger charge is -2.34. The maximum atomic E-state index is 12.5. The van der Waals surface area contributed by atoms with Gasteiger partial charge in [-0.2, -0.15) is 0 Å². The summed E-state index contributed by atoms with van der Waals surface area (Å²) in [6, 6.07) is 9.82. The summed E-state index contributed by atoms with van der Waals surface area (Å²) in [5.74, 6) is 1.33. The van der Waals surface area contributed by atoms with Crippen molar-refractivity contribution in [1.82, 2.24) is 15.2 Å². The number of nitrogens with one attached hydrogen (secondary N) is 1. The molecule has 2 saturated heterocycles. The summed E-state index contributed by atoms with van der Waals surface area (Å²) in [6.45, 7) is 2.41. The molecule has 4 rings (SSSR count). The Morgan fingerprint density at radius 2 is 1.97 bits per heavy atom. The lowest BCUT2D eigenvalue weighted by atomic mass is 9.94. The van der Waals surface area contributed by atoms with Crippen LogP contribution in [0.3, 0.4) is 0 Å². The largest absolute Gasteiger partial charge is 0.489 e. The summed E-state index contributed by atoms with van der Waals surface area (Å²) in [7, 11) is -2.87. The molecule has 156 valence electrons. The van der Waals surface area contributed by atoms with Crippen molar-refractivity contribution in [2.24, 2.45) is 5.92 Å². The van der Waals surface area contributed by atoms with Crippen molar-refractivity contribution in [2.45, 2.75) is 25.3 Å². The van der Waals surface area contributed by atoms with Crippen molar-refractivity contribution >= 4 is 26.6 Å². The number of fused-ring (bicyclic) bond motifs is 1. The first-order valence-corrected chi connectivity index (χ1v) is 12.0. The lowest BCUT2D eigenvalue weighted by molar-refractivity contribution is -0.126. The monoisotopic (exact) mass is 417 g/mol. The molecule has 0 spiro atoms. The van der Waals surface area contributed by atoms with Gasteiger partial charge in [0.25, 0.3) is 0 Å². The molecule has 1 aromatic carbocycles. The number of likely N-dealkylation sites (tertiary alicyclic amines) is 1. The highest BCUT2D eigenvalue weighted by atomic mass is 32.2. The fraction of sp³-hybridized carbons (Fsp3) is 0.524. The molecule has 29 heavy (non-hydrogen) atoms. The summed E-state index contributed by atoms with van der Waals surface area (Å²) in [5.41, 5.74) is 0.822. The molecule has 3 heterocycles. The van der Waals surface area contributed by atoms with E-state index in [-0.39, 0.29) is 23.6 Å². The number of piperidine rings is 1. The van der Waals surface area contributed by atoms with Crippen LogP contribution in [0.15, 0.2) is 36.5 Å². The smallest absolute Gasteiger partial charge is 0.223 e. The first-order valence-electron chi connectivity index (χ1n) is 10.2. The van der Waals surface area contributed by atoms with E-state index in [0.717, 1.165) is 49.0 Å². The molecule has 1 unspecified atom stereocenters. The number of benzene rings is 1. The van der Waals surface area contributed by atoms with Crippen LogP contribution >= 0.6 is 0 Å². The van der Waals surface area contributed by atoms with Crippen LogP contribution in [0.5, 0.6) is 5.75 Å². The molecule has 0 bridgehead atoms. The van der Waals surface area contributed by atoms with Crippen molar-refractivity contribution in [3.8, 4) is 5.75 Å². The van der Waals surface area contributed by atoms with E-state index < -0.39 is 9.84 Å². The van der Waals surface area contributed by atoms with Crippen molar-refractivity contribution in [2.75, 3.05) is 37.7 Å². The van der Waals surface area contributed by atoms with Gasteiger partial charge >= 0.3 is 0 Å². The van der Waals surface area contributed by atoms with Gasteiger partial charge in [-0.25, -0.2) is 8.42 Å². The van der Waals surface area contributed by atoms with E-state index in [1.54, 1.807) is 6.20 Å². The zero-order valence-corrected chi connectivity index (χ0v) is 17.2. The first-order chi connectivity index (χ1) is 14.0. The zero-order chi connectivity index (χ0) is 20.3. The van der Waals surface area contributed by atoms with E-state index in [9.17, 15) is 13.2 Å². The average molecular weight is 418 g/mol. The lowest BCUT2D eigenvalue weighted by Crippen LogP contribution is -2.45. The van der Waals surface area contributed by atoms with Crippen molar-refractivity contribution in [3.63, 3.8) is 0 Å². The number of rotatable bonds is 6. The number of hydrogen-bond donors (Lipinski definition) is 1. The van der Waals surface area contributed by atoms with Crippen molar-refractivity contribution in [1.29, 1.82) is 0 Å². The number of para-hydroxylation sites is 1. The van der Waals surface area contributed by atoms with Crippen LogP contribution < -0.4 is 10.1 Å². The van der Waals surface area contributed by atoms with Gasteiger partial charge < -0.3 is 10.1 Å². The minimum atomic E-state index is -2.87. The standard InChI is InChI=1S/C21H27N3O4S/c25-21(17-6-11-24(12-7-17)18-8-14-29(26,27)15-18)23-10-13-28-19-5-1-3-16-4-2-9-22-20(16)19/h1-5,9,17-18H,6-8,10-15H2,(H,23,25). The molecule has 0 radical (unpaired) electrons. The number of aromatic nitrogens is 1. The molecule has 1 atom stereocenters. The summed E-state index contributed by atoms with van der Waals surface area (Å²) in [6.07, 6.45) is 4.01. The predicted octanol–water partition coefficient (Wildman–Crippen LogP) is 1.63. The van der Waals surface area contributed by atoms with Crippen LogP contribution in [0.25, 0.3) is 10.9 Å². The quantitative estimate of drug-likeness (QED) is 0.719. The molecular weight excluding hydrogens is 390 g/mol. The Kier molecular flexibility index (Phi) is 6.01. The molecule has 8 heteroatoms. The van der Waals surface area contributed by atoms with Crippen molar-refractivity contribution < 1.29 is 17.9 Å². The van der Waals surface area contributed by atoms with Crippen LogP contribution in [0.1, 0.15) is 19.3 Å². The Balaban J connectivity index is 1.20. The van der Waals surface area contributed by atoms with Gasteiger partial charge in [0.15, 0.2) is 9.84 Å². The Morgan fingerprint density at radius 3 is 2.72 bits per heavy atom. The maximum Gasteiger partial charge on any atom is 0.223 e. The van der Waals surface area contributed by atoms with E-state index in [4.69, 9.17) is 4.74 Å².